The van der Waals surface area contributed by atoms with Crippen molar-refractivity contribution in [3.63, 3.8) is 0 Å². The zero-order valence-electron chi connectivity index (χ0n) is 11.4. The van der Waals surface area contributed by atoms with E-state index in [0.717, 1.165) is 17.7 Å². The second-order valence-corrected chi connectivity index (χ2v) is 4.43. The largest absolute Gasteiger partial charge is 0.380 e. The molecule has 0 aliphatic heterocycles. The summed E-state index contributed by atoms with van der Waals surface area (Å²) in [5.74, 6) is -0.216. The van der Waals surface area contributed by atoms with Crippen LogP contribution in [-0.2, 0) is 4.74 Å². The fourth-order valence-corrected chi connectivity index (χ4v) is 2.02. The molecule has 3 nitrogen and oxygen atoms in total. The van der Waals surface area contributed by atoms with Gasteiger partial charge in [0.05, 0.1) is 6.61 Å². The molecule has 0 radical (unpaired) electrons. The zero-order valence-corrected chi connectivity index (χ0v) is 11.4. The van der Waals surface area contributed by atoms with E-state index in [9.17, 15) is 4.39 Å². The third-order valence-corrected chi connectivity index (χ3v) is 3.15. The van der Waals surface area contributed by atoms with Gasteiger partial charge in [0, 0.05) is 25.7 Å². The number of benzene rings is 1. The summed E-state index contributed by atoms with van der Waals surface area (Å²) in [5, 5.41) is 0. The number of nitrogens with zero attached hydrogens (tertiary/aromatic N) is 1. The second kappa shape index (κ2) is 7.46. The van der Waals surface area contributed by atoms with Crippen molar-refractivity contribution in [1.29, 1.82) is 0 Å². The Labute approximate surface area is 109 Å². The van der Waals surface area contributed by atoms with Gasteiger partial charge >= 0.3 is 0 Å². The SMILES string of the molecule is CCOCCN(C)C(CN)c1cc(F)ccc1C. The van der Waals surface area contributed by atoms with E-state index < -0.39 is 0 Å². The highest BCUT2D eigenvalue weighted by atomic mass is 19.1. The Morgan fingerprint density at radius 2 is 2.17 bits per heavy atom. The fourth-order valence-electron chi connectivity index (χ4n) is 2.02. The Balaban J connectivity index is 2.78. The van der Waals surface area contributed by atoms with Crippen molar-refractivity contribution in [2.24, 2.45) is 5.73 Å². The topological polar surface area (TPSA) is 38.5 Å². The maximum Gasteiger partial charge on any atom is 0.123 e. The smallest absolute Gasteiger partial charge is 0.123 e. The van der Waals surface area contributed by atoms with Crippen molar-refractivity contribution in [3.05, 3.63) is 35.1 Å². The summed E-state index contributed by atoms with van der Waals surface area (Å²) in [7, 11) is 1.99. The van der Waals surface area contributed by atoms with E-state index in [4.69, 9.17) is 10.5 Å². The van der Waals surface area contributed by atoms with Crippen molar-refractivity contribution >= 4 is 0 Å². The van der Waals surface area contributed by atoms with E-state index >= 15 is 0 Å². The van der Waals surface area contributed by atoms with E-state index in [1.54, 1.807) is 12.1 Å². The number of nitrogens with two attached hydrogens (primary N) is 1. The molecular weight excluding hydrogens is 231 g/mol. The molecule has 0 aliphatic carbocycles. The lowest BCUT2D eigenvalue weighted by atomic mass is 10.00. The lowest BCUT2D eigenvalue weighted by Gasteiger charge is -2.28. The van der Waals surface area contributed by atoms with Gasteiger partial charge in [0.25, 0.3) is 0 Å². The molecule has 0 bridgehead atoms. The monoisotopic (exact) mass is 254 g/mol. The van der Waals surface area contributed by atoms with Crippen LogP contribution < -0.4 is 5.73 Å². The Kier molecular flexibility index (Phi) is 6.25. The molecule has 0 heterocycles. The van der Waals surface area contributed by atoms with Gasteiger partial charge in [-0.15, -0.1) is 0 Å². The zero-order chi connectivity index (χ0) is 13.5. The highest BCUT2D eigenvalue weighted by molar-refractivity contribution is 5.29. The van der Waals surface area contributed by atoms with Gasteiger partial charge in [-0.05, 0) is 44.2 Å². The van der Waals surface area contributed by atoms with Gasteiger partial charge in [0.1, 0.15) is 5.82 Å². The van der Waals surface area contributed by atoms with Crippen molar-refractivity contribution in [2.45, 2.75) is 19.9 Å². The van der Waals surface area contributed by atoms with Crippen LogP contribution in [0.15, 0.2) is 18.2 Å². The van der Waals surface area contributed by atoms with Gasteiger partial charge in [-0.25, -0.2) is 4.39 Å². The minimum absolute atomic E-state index is 0.0288. The molecule has 1 unspecified atom stereocenters. The number of hydrogen-bond acceptors (Lipinski definition) is 3. The molecule has 0 amide bonds. The highest BCUT2D eigenvalue weighted by Gasteiger charge is 2.17. The van der Waals surface area contributed by atoms with Crippen LogP contribution in [0.5, 0.6) is 0 Å². The summed E-state index contributed by atoms with van der Waals surface area (Å²) in [5.41, 5.74) is 7.84. The first-order valence-electron chi connectivity index (χ1n) is 6.34. The highest BCUT2D eigenvalue weighted by Crippen LogP contribution is 2.22. The van der Waals surface area contributed by atoms with Crippen LogP contribution >= 0.6 is 0 Å². The molecule has 1 aromatic carbocycles. The first-order valence-corrected chi connectivity index (χ1v) is 6.34. The molecule has 0 aliphatic rings. The van der Waals surface area contributed by atoms with E-state index in [0.29, 0.717) is 19.8 Å². The summed E-state index contributed by atoms with van der Waals surface area (Å²) >= 11 is 0. The van der Waals surface area contributed by atoms with Gasteiger partial charge in [-0.3, -0.25) is 4.90 Å². The van der Waals surface area contributed by atoms with E-state index in [1.165, 1.54) is 6.07 Å². The molecule has 102 valence electrons. The molecule has 1 rings (SSSR count). The summed E-state index contributed by atoms with van der Waals surface area (Å²) in [4.78, 5) is 2.11. The Hall–Kier alpha value is -0.970. The molecular formula is C14H23FN2O. The van der Waals surface area contributed by atoms with Crippen LogP contribution in [0.3, 0.4) is 0 Å². The predicted molar refractivity (Wildman–Crippen MR) is 72.1 cm³/mol. The summed E-state index contributed by atoms with van der Waals surface area (Å²) in [6.45, 7) is 6.57. The van der Waals surface area contributed by atoms with Crippen molar-refractivity contribution < 1.29 is 9.13 Å². The van der Waals surface area contributed by atoms with Crippen molar-refractivity contribution in [3.8, 4) is 0 Å². The number of halogens is 1. The quantitative estimate of drug-likeness (QED) is 0.757. The Bertz CT molecular complexity index is 371. The first kappa shape index (κ1) is 15.1. The lowest BCUT2D eigenvalue weighted by molar-refractivity contribution is 0.108. The van der Waals surface area contributed by atoms with Crippen LogP contribution in [0, 0.1) is 12.7 Å². The average molecular weight is 254 g/mol. The Morgan fingerprint density at radius 3 is 2.78 bits per heavy atom. The van der Waals surface area contributed by atoms with Crippen LogP contribution in [0.2, 0.25) is 0 Å². The molecule has 0 fully saturated rings. The van der Waals surface area contributed by atoms with Gasteiger partial charge in [0.2, 0.25) is 0 Å². The van der Waals surface area contributed by atoms with Gasteiger partial charge in [-0.1, -0.05) is 6.07 Å². The summed E-state index contributed by atoms with van der Waals surface area (Å²) in [6.07, 6.45) is 0. The third-order valence-electron chi connectivity index (χ3n) is 3.15. The van der Waals surface area contributed by atoms with Crippen LogP contribution in [-0.4, -0.2) is 38.3 Å². The van der Waals surface area contributed by atoms with E-state index in [1.807, 2.05) is 20.9 Å². The standard InChI is InChI=1S/C14H23FN2O/c1-4-18-8-7-17(3)14(10-16)13-9-12(15)6-5-11(13)2/h5-6,9,14H,4,7-8,10,16H2,1-3H3. The lowest BCUT2D eigenvalue weighted by Crippen LogP contribution is -2.33. The molecule has 4 heteroatoms. The van der Waals surface area contributed by atoms with Crippen LogP contribution in [0.4, 0.5) is 4.39 Å². The average Bonchev–Trinajstić information content (AvgIpc) is 2.35. The van der Waals surface area contributed by atoms with Gasteiger partial charge in [-0.2, -0.15) is 0 Å². The molecule has 1 aromatic rings. The number of hydrogen-bond donors (Lipinski definition) is 1. The third kappa shape index (κ3) is 4.05. The predicted octanol–water partition coefficient (Wildman–Crippen LogP) is 2.10. The molecule has 18 heavy (non-hydrogen) atoms. The van der Waals surface area contributed by atoms with Crippen LogP contribution in [0.25, 0.3) is 0 Å². The minimum atomic E-state index is -0.216. The maximum absolute atomic E-state index is 13.3. The first-order chi connectivity index (χ1) is 8.60. The number of aryl methyl sites for hydroxylation is 1. The van der Waals surface area contributed by atoms with E-state index in [2.05, 4.69) is 4.90 Å². The Morgan fingerprint density at radius 1 is 1.44 bits per heavy atom. The molecule has 0 aromatic heterocycles. The second-order valence-electron chi connectivity index (χ2n) is 4.43. The summed E-state index contributed by atoms with van der Waals surface area (Å²) < 4.78 is 18.7. The minimum Gasteiger partial charge on any atom is -0.380 e. The maximum atomic E-state index is 13.3. The van der Waals surface area contributed by atoms with Gasteiger partial charge < -0.3 is 10.5 Å². The number of ether oxygens (including phenoxy) is 1. The van der Waals surface area contributed by atoms with Crippen molar-refractivity contribution in [1.82, 2.24) is 4.90 Å². The molecule has 0 saturated carbocycles. The number of likely N-dealkylation sites (N-methyl/N-ethyl adjacent to an activating group) is 1. The molecule has 1 atom stereocenters. The fraction of sp³-hybridized carbons (Fsp3) is 0.571. The van der Waals surface area contributed by atoms with Crippen molar-refractivity contribution in [2.75, 3.05) is 33.4 Å². The normalized spacial score (nSPS) is 13.0. The summed E-state index contributed by atoms with van der Waals surface area (Å²) in [6, 6.07) is 4.88. The molecule has 0 spiro atoms. The molecule has 2 N–H and O–H groups in total. The molecule has 0 saturated heterocycles. The number of rotatable bonds is 7. The van der Waals surface area contributed by atoms with Crippen LogP contribution in [0.1, 0.15) is 24.1 Å². The van der Waals surface area contributed by atoms with Gasteiger partial charge in [0.15, 0.2) is 0 Å². The van der Waals surface area contributed by atoms with E-state index in [-0.39, 0.29) is 11.9 Å².